The lowest BCUT2D eigenvalue weighted by Crippen LogP contribution is -3.12. The van der Waals surface area contributed by atoms with Crippen LogP contribution in [0.25, 0.3) is 16.5 Å². The van der Waals surface area contributed by atoms with E-state index < -0.39 is 0 Å². The Kier molecular flexibility index (Phi) is 7.78. The van der Waals surface area contributed by atoms with Crippen molar-refractivity contribution in [3.05, 3.63) is 64.6 Å². The number of quaternary nitrogens is 1. The van der Waals surface area contributed by atoms with E-state index in [1.54, 1.807) is 49.6 Å². The van der Waals surface area contributed by atoms with Crippen molar-refractivity contribution in [3.63, 3.8) is 0 Å². The SMILES string of the molecule is CCC[NH+](CCC)CCNC(=O)c1nn(-c2ccc(OC)cc2)c(=O)c2ccccc12. The minimum Gasteiger partial charge on any atom is -0.497 e. The van der Waals surface area contributed by atoms with Crippen LogP contribution in [0.5, 0.6) is 5.75 Å². The lowest BCUT2D eigenvalue weighted by molar-refractivity contribution is -0.898. The molecular formula is C24H31N4O3+. The zero-order valence-corrected chi connectivity index (χ0v) is 18.5. The van der Waals surface area contributed by atoms with E-state index in [1.807, 2.05) is 6.07 Å². The number of rotatable bonds is 10. The Hall–Kier alpha value is -3.19. The normalized spacial score (nSPS) is 11.1. The summed E-state index contributed by atoms with van der Waals surface area (Å²) in [6.07, 6.45) is 2.23. The molecule has 1 heterocycles. The van der Waals surface area contributed by atoms with Crippen LogP contribution in [0.2, 0.25) is 0 Å². The molecule has 0 radical (unpaired) electrons. The number of aromatic nitrogens is 2. The van der Waals surface area contributed by atoms with Gasteiger partial charge in [0.25, 0.3) is 11.5 Å². The molecule has 3 aromatic rings. The average Bonchev–Trinajstić information content (AvgIpc) is 2.80. The summed E-state index contributed by atoms with van der Waals surface area (Å²) in [5.74, 6) is 0.410. The Balaban J connectivity index is 1.91. The number of hydrogen-bond donors (Lipinski definition) is 2. The monoisotopic (exact) mass is 423 g/mol. The number of carbonyl (C=O) groups excluding carboxylic acids is 1. The van der Waals surface area contributed by atoms with Crippen LogP contribution >= 0.6 is 0 Å². The first-order valence-electron chi connectivity index (χ1n) is 10.9. The number of benzene rings is 2. The first kappa shape index (κ1) is 22.5. The van der Waals surface area contributed by atoms with Gasteiger partial charge in [-0.25, -0.2) is 0 Å². The third-order valence-electron chi connectivity index (χ3n) is 5.31. The van der Waals surface area contributed by atoms with Crippen LogP contribution < -0.4 is 20.5 Å². The van der Waals surface area contributed by atoms with Crippen LogP contribution in [0.15, 0.2) is 53.3 Å². The summed E-state index contributed by atoms with van der Waals surface area (Å²) in [6, 6.07) is 14.1. The van der Waals surface area contributed by atoms with Crippen LogP contribution in [0.4, 0.5) is 0 Å². The number of nitrogens with zero attached hydrogens (tertiary/aromatic N) is 2. The maximum atomic E-state index is 13.0. The lowest BCUT2D eigenvalue weighted by atomic mass is 10.1. The van der Waals surface area contributed by atoms with E-state index in [9.17, 15) is 9.59 Å². The van der Waals surface area contributed by atoms with Crippen LogP contribution in [0, 0.1) is 0 Å². The molecule has 0 aliphatic rings. The highest BCUT2D eigenvalue weighted by Crippen LogP contribution is 2.17. The van der Waals surface area contributed by atoms with Crippen molar-refractivity contribution in [2.75, 3.05) is 33.3 Å². The van der Waals surface area contributed by atoms with E-state index in [0.29, 0.717) is 28.8 Å². The van der Waals surface area contributed by atoms with Crippen molar-refractivity contribution < 1.29 is 14.4 Å². The first-order chi connectivity index (χ1) is 15.1. The molecule has 31 heavy (non-hydrogen) atoms. The second-order valence-electron chi connectivity index (χ2n) is 7.57. The van der Waals surface area contributed by atoms with Crippen molar-refractivity contribution in [1.82, 2.24) is 15.1 Å². The number of fused-ring (bicyclic) bond motifs is 1. The minimum atomic E-state index is -0.272. The Morgan fingerprint density at radius 1 is 1.00 bits per heavy atom. The van der Waals surface area contributed by atoms with Crippen LogP contribution in [-0.4, -0.2) is 49.0 Å². The molecule has 0 saturated carbocycles. The van der Waals surface area contributed by atoms with Crippen LogP contribution in [0.1, 0.15) is 37.2 Å². The topological polar surface area (TPSA) is 77.7 Å². The van der Waals surface area contributed by atoms with Gasteiger partial charge in [-0.1, -0.05) is 32.0 Å². The highest BCUT2D eigenvalue weighted by molar-refractivity contribution is 6.04. The van der Waals surface area contributed by atoms with Gasteiger partial charge < -0.3 is 15.0 Å². The molecule has 0 atom stereocenters. The van der Waals surface area contributed by atoms with Crippen LogP contribution in [0.3, 0.4) is 0 Å². The van der Waals surface area contributed by atoms with Crippen molar-refractivity contribution in [1.29, 1.82) is 0 Å². The van der Waals surface area contributed by atoms with Gasteiger partial charge in [0.2, 0.25) is 0 Å². The third kappa shape index (κ3) is 5.30. The summed E-state index contributed by atoms with van der Waals surface area (Å²) in [5.41, 5.74) is 0.560. The Labute approximate surface area is 182 Å². The highest BCUT2D eigenvalue weighted by Gasteiger charge is 2.18. The number of carbonyl (C=O) groups is 1. The quantitative estimate of drug-likeness (QED) is 0.522. The molecule has 1 aromatic heterocycles. The molecule has 0 spiro atoms. The fraction of sp³-hybridized carbons (Fsp3) is 0.375. The van der Waals surface area contributed by atoms with Gasteiger partial charge >= 0.3 is 0 Å². The van der Waals surface area contributed by atoms with E-state index in [1.165, 1.54) is 9.58 Å². The lowest BCUT2D eigenvalue weighted by Gasteiger charge is -2.18. The molecule has 0 bridgehead atoms. The predicted octanol–water partition coefficient (Wildman–Crippen LogP) is 1.83. The number of amides is 1. The molecular weight excluding hydrogens is 392 g/mol. The second-order valence-corrected chi connectivity index (χ2v) is 7.57. The number of hydrogen-bond acceptors (Lipinski definition) is 4. The zero-order chi connectivity index (χ0) is 22.2. The molecule has 0 aliphatic carbocycles. The van der Waals surface area contributed by atoms with Crippen molar-refractivity contribution in [2.24, 2.45) is 0 Å². The summed E-state index contributed by atoms with van der Waals surface area (Å²) < 4.78 is 6.47. The van der Waals surface area contributed by atoms with Gasteiger partial charge in [0.15, 0.2) is 5.69 Å². The maximum Gasteiger partial charge on any atom is 0.279 e. The standard InChI is InChI=1S/C24H30N4O3/c1-4-15-27(16-5-2)17-14-25-23(29)22-20-8-6-7-9-21(20)24(30)28(26-22)18-10-12-19(31-3)13-11-18/h6-13H,4-5,14-17H2,1-3H3,(H,25,29)/p+1. The highest BCUT2D eigenvalue weighted by atomic mass is 16.5. The molecule has 7 nitrogen and oxygen atoms in total. The summed E-state index contributed by atoms with van der Waals surface area (Å²) in [4.78, 5) is 27.6. The Morgan fingerprint density at radius 3 is 2.26 bits per heavy atom. The van der Waals surface area contributed by atoms with Gasteiger partial charge in [0.05, 0.1) is 44.4 Å². The largest absolute Gasteiger partial charge is 0.497 e. The van der Waals surface area contributed by atoms with Crippen LogP contribution in [-0.2, 0) is 0 Å². The van der Waals surface area contributed by atoms with E-state index in [-0.39, 0.29) is 17.2 Å². The molecule has 164 valence electrons. The van der Waals surface area contributed by atoms with E-state index in [4.69, 9.17) is 4.74 Å². The summed E-state index contributed by atoms with van der Waals surface area (Å²) in [5, 5.41) is 8.46. The molecule has 3 rings (SSSR count). The van der Waals surface area contributed by atoms with Gasteiger partial charge in [0, 0.05) is 5.39 Å². The average molecular weight is 424 g/mol. The third-order valence-corrected chi connectivity index (χ3v) is 5.31. The smallest absolute Gasteiger partial charge is 0.279 e. The molecule has 0 aliphatic heterocycles. The van der Waals surface area contributed by atoms with Crippen molar-refractivity contribution in [3.8, 4) is 11.4 Å². The second kappa shape index (κ2) is 10.7. The van der Waals surface area contributed by atoms with Gasteiger partial charge in [0.1, 0.15) is 5.75 Å². The molecule has 0 unspecified atom stereocenters. The van der Waals surface area contributed by atoms with Gasteiger partial charge in [-0.2, -0.15) is 9.78 Å². The summed E-state index contributed by atoms with van der Waals surface area (Å²) in [7, 11) is 1.59. The molecule has 2 aromatic carbocycles. The number of ether oxygens (including phenoxy) is 1. The minimum absolute atomic E-state index is 0.249. The molecule has 0 fully saturated rings. The van der Waals surface area contributed by atoms with E-state index in [0.717, 1.165) is 32.5 Å². The van der Waals surface area contributed by atoms with E-state index >= 15 is 0 Å². The molecule has 1 amide bonds. The van der Waals surface area contributed by atoms with Gasteiger partial charge in [-0.3, -0.25) is 9.59 Å². The van der Waals surface area contributed by atoms with Gasteiger partial charge in [-0.05, 0) is 43.2 Å². The summed E-state index contributed by atoms with van der Waals surface area (Å²) >= 11 is 0. The van der Waals surface area contributed by atoms with Crippen molar-refractivity contribution >= 4 is 16.7 Å². The Morgan fingerprint density at radius 2 is 1.65 bits per heavy atom. The van der Waals surface area contributed by atoms with E-state index in [2.05, 4.69) is 24.3 Å². The number of nitrogens with one attached hydrogen (secondary N) is 2. The van der Waals surface area contributed by atoms with Crippen molar-refractivity contribution in [2.45, 2.75) is 26.7 Å². The Bertz CT molecular complexity index is 1070. The maximum absolute atomic E-state index is 13.0. The fourth-order valence-electron chi connectivity index (χ4n) is 3.77. The summed E-state index contributed by atoms with van der Waals surface area (Å²) in [6.45, 7) is 7.95. The molecule has 2 N–H and O–H groups in total. The zero-order valence-electron chi connectivity index (χ0n) is 18.5. The predicted molar refractivity (Wildman–Crippen MR) is 122 cm³/mol. The van der Waals surface area contributed by atoms with Gasteiger partial charge in [-0.15, -0.1) is 0 Å². The first-order valence-corrected chi connectivity index (χ1v) is 10.9. The fourth-order valence-corrected chi connectivity index (χ4v) is 3.77. The number of methoxy groups -OCH3 is 1. The molecule has 7 heteroatoms. The molecule has 0 saturated heterocycles.